The first-order chi connectivity index (χ1) is 13.3. The zero-order valence-corrected chi connectivity index (χ0v) is 15.2. The van der Waals surface area contributed by atoms with E-state index in [1.807, 2.05) is 0 Å². The summed E-state index contributed by atoms with van der Waals surface area (Å²) in [6.45, 7) is 0. The summed E-state index contributed by atoms with van der Waals surface area (Å²) in [5.74, 6) is -4.63. The number of benzene rings is 2. The lowest BCUT2D eigenvalue weighted by Gasteiger charge is -2.31. The second-order valence-corrected chi connectivity index (χ2v) is 5.86. The van der Waals surface area contributed by atoms with Crippen LogP contribution in [0.4, 0.5) is 0 Å². The molecule has 8 heteroatoms. The molecule has 2 aromatic rings. The van der Waals surface area contributed by atoms with Crippen LogP contribution in [0.15, 0.2) is 48.5 Å². The second kappa shape index (κ2) is 8.34. The summed E-state index contributed by atoms with van der Waals surface area (Å²) in [7, 11) is 2.25. The van der Waals surface area contributed by atoms with Gasteiger partial charge in [-0.2, -0.15) is 0 Å². The third-order valence-electron chi connectivity index (χ3n) is 4.37. The molecule has 0 fully saturated rings. The summed E-state index contributed by atoms with van der Waals surface area (Å²) in [5.41, 5.74) is -2.68. The predicted octanol–water partition coefficient (Wildman–Crippen LogP) is 2.11. The number of carbonyl (C=O) groups is 4. The molecule has 0 saturated carbocycles. The van der Waals surface area contributed by atoms with Gasteiger partial charge in [-0.05, 0) is 23.3 Å². The van der Waals surface area contributed by atoms with Gasteiger partial charge in [0.1, 0.15) is 5.41 Å². The Hall–Kier alpha value is -3.68. The number of carboxylic acids is 2. The molecule has 0 radical (unpaired) electrons. The molecule has 0 saturated heterocycles. The van der Waals surface area contributed by atoms with Crippen LogP contribution in [0.5, 0.6) is 0 Å². The van der Waals surface area contributed by atoms with Crippen LogP contribution >= 0.6 is 0 Å². The Bertz CT molecular complexity index is 872. The van der Waals surface area contributed by atoms with Crippen molar-refractivity contribution in [3.8, 4) is 0 Å². The molecule has 0 unspecified atom stereocenters. The van der Waals surface area contributed by atoms with Crippen molar-refractivity contribution in [1.29, 1.82) is 0 Å². The van der Waals surface area contributed by atoms with E-state index in [9.17, 15) is 29.4 Å². The van der Waals surface area contributed by atoms with Crippen molar-refractivity contribution < 1.29 is 38.9 Å². The molecule has 0 spiro atoms. The maximum atomic E-state index is 12.5. The van der Waals surface area contributed by atoms with E-state index in [-0.39, 0.29) is 22.3 Å². The molecule has 0 heterocycles. The maximum absolute atomic E-state index is 12.5. The first-order valence-electron chi connectivity index (χ1n) is 8.10. The fourth-order valence-corrected chi connectivity index (χ4v) is 3.15. The lowest BCUT2D eigenvalue weighted by atomic mass is 9.69. The minimum Gasteiger partial charge on any atom is -0.481 e. The topological polar surface area (TPSA) is 127 Å². The average Bonchev–Trinajstić information content (AvgIpc) is 2.70. The number of ether oxygens (including phenoxy) is 2. The fourth-order valence-electron chi connectivity index (χ4n) is 3.15. The van der Waals surface area contributed by atoms with E-state index in [0.29, 0.717) is 0 Å². The largest absolute Gasteiger partial charge is 0.481 e. The number of methoxy groups -OCH3 is 2. The third-order valence-corrected chi connectivity index (χ3v) is 4.37. The van der Waals surface area contributed by atoms with Crippen molar-refractivity contribution in [3.63, 3.8) is 0 Å². The van der Waals surface area contributed by atoms with Gasteiger partial charge in [0, 0.05) is 0 Å². The lowest BCUT2D eigenvalue weighted by molar-refractivity contribution is -0.148. The molecular formula is C20H18O8. The summed E-state index contributed by atoms with van der Waals surface area (Å²) < 4.78 is 9.44. The molecule has 0 atom stereocenters. The summed E-state index contributed by atoms with van der Waals surface area (Å²) >= 11 is 0. The van der Waals surface area contributed by atoms with Crippen LogP contribution in [-0.4, -0.2) is 48.3 Å². The highest BCUT2D eigenvalue weighted by atomic mass is 16.5. The van der Waals surface area contributed by atoms with Gasteiger partial charge in [0.15, 0.2) is 0 Å². The fraction of sp³-hybridized carbons (Fsp3) is 0.200. The summed E-state index contributed by atoms with van der Waals surface area (Å²) in [4.78, 5) is 48.7. The number of carboxylic acid groups (broad SMARTS) is 2. The van der Waals surface area contributed by atoms with Gasteiger partial charge in [-0.1, -0.05) is 36.4 Å². The molecule has 28 heavy (non-hydrogen) atoms. The molecule has 146 valence electrons. The van der Waals surface area contributed by atoms with Crippen molar-refractivity contribution in [3.05, 3.63) is 70.8 Å². The van der Waals surface area contributed by atoms with Crippen LogP contribution in [0.1, 0.15) is 38.3 Å². The number of hydrogen-bond acceptors (Lipinski definition) is 6. The van der Waals surface area contributed by atoms with Crippen LogP contribution < -0.4 is 0 Å². The Labute approximate surface area is 160 Å². The smallest absolute Gasteiger partial charge is 0.338 e. The highest BCUT2D eigenvalue weighted by Crippen LogP contribution is 2.40. The molecule has 2 aromatic carbocycles. The molecule has 0 amide bonds. The molecular weight excluding hydrogens is 368 g/mol. The first kappa shape index (κ1) is 20.6. The van der Waals surface area contributed by atoms with Crippen LogP contribution in [0.2, 0.25) is 0 Å². The Morgan fingerprint density at radius 1 is 0.786 bits per heavy atom. The lowest BCUT2D eigenvalue weighted by Crippen LogP contribution is -2.42. The second-order valence-electron chi connectivity index (χ2n) is 5.86. The Morgan fingerprint density at radius 3 is 1.50 bits per heavy atom. The zero-order valence-electron chi connectivity index (χ0n) is 15.2. The standard InChI is InChI=1S/C20H18O8/c1-27-17(23)12-7-3-5-9-14(12)20(19(25)26,11-16(21)22)15-10-6-4-8-13(15)18(24)28-2/h3-10H,11H2,1-2H3,(H,21,22)(H,25,26). The number of esters is 2. The van der Waals surface area contributed by atoms with E-state index in [0.717, 1.165) is 14.2 Å². The first-order valence-corrected chi connectivity index (χ1v) is 8.10. The van der Waals surface area contributed by atoms with Crippen molar-refractivity contribution in [2.75, 3.05) is 14.2 Å². The molecule has 0 aliphatic carbocycles. The van der Waals surface area contributed by atoms with Crippen LogP contribution in [0.25, 0.3) is 0 Å². The van der Waals surface area contributed by atoms with Crippen LogP contribution in [0, 0.1) is 0 Å². The molecule has 2 rings (SSSR count). The monoisotopic (exact) mass is 386 g/mol. The van der Waals surface area contributed by atoms with Gasteiger partial charge in [-0.25, -0.2) is 9.59 Å². The zero-order chi connectivity index (χ0) is 20.9. The minimum absolute atomic E-state index is 0.104. The predicted molar refractivity (Wildman–Crippen MR) is 96.2 cm³/mol. The van der Waals surface area contributed by atoms with Crippen molar-refractivity contribution in [2.24, 2.45) is 0 Å². The Kier molecular flexibility index (Phi) is 6.15. The summed E-state index contributed by atoms with van der Waals surface area (Å²) in [6.07, 6.45) is -0.912. The van der Waals surface area contributed by atoms with E-state index < -0.39 is 35.7 Å². The Morgan fingerprint density at radius 2 is 1.18 bits per heavy atom. The van der Waals surface area contributed by atoms with E-state index in [1.165, 1.54) is 48.5 Å². The van der Waals surface area contributed by atoms with Gasteiger partial charge >= 0.3 is 23.9 Å². The number of hydrogen-bond donors (Lipinski definition) is 2. The quantitative estimate of drug-likeness (QED) is 0.693. The van der Waals surface area contributed by atoms with Gasteiger partial charge in [-0.3, -0.25) is 9.59 Å². The van der Waals surface area contributed by atoms with Gasteiger partial charge in [0.05, 0.1) is 31.8 Å². The maximum Gasteiger partial charge on any atom is 0.338 e. The highest BCUT2D eigenvalue weighted by Gasteiger charge is 2.48. The Balaban J connectivity index is 2.97. The van der Waals surface area contributed by atoms with Crippen molar-refractivity contribution >= 4 is 23.9 Å². The van der Waals surface area contributed by atoms with Crippen molar-refractivity contribution in [2.45, 2.75) is 11.8 Å². The SMILES string of the molecule is COC(=O)c1ccccc1C(CC(=O)O)(C(=O)O)c1ccccc1C(=O)OC. The van der Waals surface area contributed by atoms with Crippen LogP contribution in [0.3, 0.4) is 0 Å². The normalized spacial score (nSPS) is 10.8. The van der Waals surface area contributed by atoms with E-state index >= 15 is 0 Å². The van der Waals surface area contributed by atoms with Gasteiger partial charge in [0.2, 0.25) is 0 Å². The highest BCUT2D eigenvalue weighted by molar-refractivity contribution is 6.01. The minimum atomic E-state index is -2.23. The number of rotatable bonds is 7. The van der Waals surface area contributed by atoms with Gasteiger partial charge in [-0.15, -0.1) is 0 Å². The molecule has 0 aliphatic heterocycles. The number of aliphatic carboxylic acids is 2. The van der Waals surface area contributed by atoms with E-state index in [4.69, 9.17) is 9.47 Å². The van der Waals surface area contributed by atoms with E-state index in [2.05, 4.69) is 0 Å². The average molecular weight is 386 g/mol. The number of carbonyl (C=O) groups excluding carboxylic acids is 2. The molecule has 0 aromatic heterocycles. The molecule has 8 nitrogen and oxygen atoms in total. The molecule has 2 N–H and O–H groups in total. The van der Waals surface area contributed by atoms with Crippen LogP contribution in [-0.2, 0) is 24.5 Å². The molecule has 0 aliphatic rings. The molecule has 0 bridgehead atoms. The summed E-state index contributed by atoms with van der Waals surface area (Å²) in [5, 5.41) is 19.7. The third kappa shape index (κ3) is 3.57. The van der Waals surface area contributed by atoms with E-state index in [1.54, 1.807) is 0 Å². The summed E-state index contributed by atoms with van der Waals surface area (Å²) in [6, 6.07) is 11.3. The van der Waals surface area contributed by atoms with Gasteiger partial charge < -0.3 is 19.7 Å². The van der Waals surface area contributed by atoms with Crippen molar-refractivity contribution in [1.82, 2.24) is 0 Å². The van der Waals surface area contributed by atoms with Gasteiger partial charge in [0.25, 0.3) is 0 Å².